The van der Waals surface area contributed by atoms with Crippen LogP contribution in [0, 0.1) is 13.8 Å². The zero-order valence-corrected chi connectivity index (χ0v) is 19.6. The molecule has 0 bridgehead atoms. The van der Waals surface area contributed by atoms with E-state index in [0.717, 1.165) is 17.8 Å². The number of alkyl halides is 3. The van der Waals surface area contributed by atoms with Crippen LogP contribution in [0.5, 0.6) is 0 Å². The van der Waals surface area contributed by atoms with Gasteiger partial charge in [0.15, 0.2) is 0 Å². The first-order valence-electron chi connectivity index (χ1n) is 11.0. The minimum absolute atomic E-state index is 0.155. The fourth-order valence-electron chi connectivity index (χ4n) is 3.78. The summed E-state index contributed by atoms with van der Waals surface area (Å²) < 4.78 is 44.3. The van der Waals surface area contributed by atoms with Gasteiger partial charge < -0.3 is 10.1 Å². The third-order valence-electron chi connectivity index (χ3n) is 5.67. The first-order valence-corrected chi connectivity index (χ1v) is 11.0. The van der Waals surface area contributed by atoms with Gasteiger partial charge in [0.05, 0.1) is 17.8 Å². The van der Waals surface area contributed by atoms with Crippen molar-refractivity contribution >= 4 is 18.0 Å². The Morgan fingerprint density at radius 3 is 2.66 bits per heavy atom. The van der Waals surface area contributed by atoms with E-state index in [4.69, 9.17) is 4.74 Å². The highest BCUT2D eigenvalue weighted by atomic mass is 19.4. The van der Waals surface area contributed by atoms with Crippen molar-refractivity contribution in [3.05, 3.63) is 53.4 Å². The maximum Gasteiger partial charge on any atom is 0.433 e. The Balaban J connectivity index is 1.56. The molecule has 1 N–H and O–H groups in total. The molecule has 0 aliphatic carbocycles. The first kappa shape index (κ1) is 24.3. The predicted octanol–water partition coefficient (Wildman–Crippen LogP) is 4.87. The highest BCUT2D eigenvalue weighted by Gasteiger charge is 2.35. The van der Waals surface area contributed by atoms with Gasteiger partial charge in [-0.25, -0.2) is 9.69 Å². The number of rotatable bonds is 6. The largest absolute Gasteiger partial charge is 0.447 e. The van der Waals surface area contributed by atoms with E-state index >= 15 is 0 Å². The Morgan fingerprint density at radius 2 is 1.97 bits per heavy atom. The van der Waals surface area contributed by atoms with E-state index in [0.29, 0.717) is 29.1 Å². The molecule has 12 heteroatoms. The van der Waals surface area contributed by atoms with Crippen molar-refractivity contribution in [3.8, 4) is 11.1 Å². The number of nitrogens with zero attached hydrogens (tertiary/aromatic N) is 6. The van der Waals surface area contributed by atoms with E-state index in [-0.39, 0.29) is 30.6 Å². The van der Waals surface area contributed by atoms with Crippen LogP contribution in [0.25, 0.3) is 11.1 Å². The van der Waals surface area contributed by atoms with E-state index in [1.54, 1.807) is 19.9 Å². The number of hydrogen-bond donors (Lipinski definition) is 1. The molecule has 1 aliphatic rings. The van der Waals surface area contributed by atoms with Gasteiger partial charge in [-0.2, -0.15) is 28.1 Å². The van der Waals surface area contributed by atoms with Gasteiger partial charge in [-0.3, -0.25) is 9.97 Å². The Bertz CT molecular complexity index is 1250. The van der Waals surface area contributed by atoms with Gasteiger partial charge in [-0.15, -0.1) is 0 Å². The summed E-state index contributed by atoms with van der Waals surface area (Å²) in [6.45, 7) is 7.58. The number of hydrogen-bond acceptors (Lipinski definition) is 8. The lowest BCUT2D eigenvalue weighted by molar-refractivity contribution is -0.141. The van der Waals surface area contributed by atoms with Crippen LogP contribution >= 0.6 is 0 Å². The molecule has 0 aromatic carbocycles. The summed E-state index contributed by atoms with van der Waals surface area (Å²) >= 11 is 0. The third kappa shape index (κ3) is 5.15. The topological polar surface area (TPSA) is 106 Å². The smallest absolute Gasteiger partial charge is 0.433 e. The predicted molar refractivity (Wildman–Crippen MR) is 122 cm³/mol. The number of carbonyl (C=O) groups is 1. The van der Waals surface area contributed by atoms with Crippen LogP contribution < -0.4 is 10.2 Å². The summed E-state index contributed by atoms with van der Waals surface area (Å²) in [6.07, 6.45) is -1.67. The Labute approximate surface area is 199 Å². The number of carbonyl (C=O) groups excluding carboxylic acids is 1. The molecule has 184 valence electrons. The summed E-state index contributed by atoms with van der Waals surface area (Å²) in [5, 5.41) is 3.16. The molecule has 1 unspecified atom stereocenters. The summed E-state index contributed by atoms with van der Waals surface area (Å²) in [5.74, 6) is 0.901. The van der Waals surface area contributed by atoms with Gasteiger partial charge in [-0.1, -0.05) is 6.92 Å². The van der Waals surface area contributed by atoms with Crippen LogP contribution in [-0.2, 0) is 10.9 Å². The van der Waals surface area contributed by atoms with Crippen molar-refractivity contribution in [2.75, 3.05) is 16.8 Å². The fraction of sp³-hybridized carbons (Fsp3) is 0.391. The molecule has 0 saturated carbocycles. The molecule has 1 amide bonds. The van der Waals surface area contributed by atoms with Gasteiger partial charge in [0.25, 0.3) is 0 Å². The second kappa shape index (κ2) is 9.43. The standard InChI is InChI=1S/C23H24F3N7O2/c1-5-16-11-35-22(34)33(16)21-31-14(4)30-20(32-21)29-13(3)18-8-12(2)17(10-28-18)15-6-7-27-19(9-15)23(24,25)26/h6-10,13,16H,5,11H2,1-4H3,(H,29,30,31,32)/t13?,16-/m0/s1. The number of anilines is 2. The number of halogens is 3. The second-order valence-corrected chi connectivity index (χ2v) is 8.23. The molecule has 35 heavy (non-hydrogen) atoms. The summed E-state index contributed by atoms with van der Waals surface area (Å²) in [5.41, 5.74) is 1.39. The van der Waals surface area contributed by atoms with Gasteiger partial charge in [0.2, 0.25) is 11.9 Å². The average Bonchev–Trinajstić information content (AvgIpc) is 3.18. The van der Waals surface area contributed by atoms with E-state index in [9.17, 15) is 18.0 Å². The van der Waals surface area contributed by atoms with Crippen molar-refractivity contribution in [1.82, 2.24) is 24.9 Å². The molecule has 4 heterocycles. The van der Waals surface area contributed by atoms with Crippen molar-refractivity contribution in [2.24, 2.45) is 0 Å². The van der Waals surface area contributed by atoms with Crippen LogP contribution in [0.1, 0.15) is 49.1 Å². The first-order chi connectivity index (χ1) is 16.6. The van der Waals surface area contributed by atoms with Crippen LogP contribution in [0.3, 0.4) is 0 Å². The number of ether oxygens (including phenoxy) is 1. The Morgan fingerprint density at radius 1 is 1.20 bits per heavy atom. The van der Waals surface area contributed by atoms with Crippen LogP contribution in [-0.4, -0.2) is 43.7 Å². The zero-order valence-electron chi connectivity index (χ0n) is 19.6. The number of aromatic nitrogens is 5. The number of pyridine rings is 2. The van der Waals surface area contributed by atoms with Crippen LogP contribution in [0.2, 0.25) is 0 Å². The normalized spacial score (nSPS) is 16.8. The van der Waals surface area contributed by atoms with Crippen LogP contribution in [0.15, 0.2) is 30.6 Å². The molecule has 0 radical (unpaired) electrons. The van der Waals surface area contributed by atoms with Crippen LogP contribution in [0.4, 0.5) is 29.9 Å². The number of aryl methyl sites for hydroxylation is 2. The SMILES string of the molecule is CC[C@H]1COC(=O)N1c1nc(C)nc(NC(C)c2cc(C)c(-c3ccnc(C(F)(F)F)c3)cn2)n1. The molecule has 1 saturated heterocycles. The molecule has 1 aliphatic heterocycles. The van der Waals surface area contributed by atoms with Crippen molar-refractivity contribution in [1.29, 1.82) is 0 Å². The molecular formula is C23H24F3N7O2. The number of cyclic esters (lactones) is 1. The molecular weight excluding hydrogens is 463 g/mol. The number of nitrogens with one attached hydrogen (secondary N) is 1. The molecule has 2 atom stereocenters. The lowest BCUT2D eigenvalue weighted by Gasteiger charge is -2.20. The minimum Gasteiger partial charge on any atom is -0.447 e. The van der Waals surface area contributed by atoms with Crippen molar-refractivity contribution < 1.29 is 22.7 Å². The molecule has 1 fully saturated rings. The van der Waals surface area contributed by atoms with E-state index in [1.807, 2.05) is 13.8 Å². The molecule has 3 aromatic heterocycles. The second-order valence-electron chi connectivity index (χ2n) is 8.23. The molecule has 0 spiro atoms. The quantitative estimate of drug-likeness (QED) is 0.525. The fourth-order valence-corrected chi connectivity index (χ4v) is 3.78. The van der Waals surface area contributed by atoms with Gasteiger partial charge >= 0.3 is 12.3 Å². The lowest BCUT2D eigenvalue weighted by atomic mass is 10.0. The van der Waals surface area contributed by atoms with Crippen molar-refractivity contribution in [3.63, 3.8) is 0 Å². The summed E-state index contributed by atoms with van der Waals surface area (Å²) in [4.78, 5) is 34.5. The van der Waals surface area contributed by atoms with Gasteiger partial charge in [-0.05, 0) is 56.5 Å². The highest BCUT2D eigenvalue weighted by Crippen LogP contribution is 2.32. The van der Waals surface area contributed by atoms with Crippen molar-refractivity contribution in [2.45, 2.75) is 52.4 Å². The maximum atomic E-state index is 13.0. The number of amides is 1. The monoisotopic (exact) mass is 487 g/mol. The van der Waals surface area contributed by atoms with Gasteiger partial charge in [0.1, 0.15) is 18.1 Å². The minimum atomic E-state index is -4.53. The average molecular weight is 487 g/mol. The van der Waals surface area contributed by atoms with E-state index < -0.39 is 18.0 Å². The Hall–Kier alpha value is -3.83. The lowest BCUT2D eigenvalue weighted by Crippen LogP contribution is -2.34. The third-order valence-corrected chi connectivity index (χ3v) is 5.67. The van der Waals surface area contributed by atoms with Gasteiger partial charge in [0, 0.05) is 18.0 Å². The Kier molecular flexibility index (Phi) is 6.55. The maximum absolute atomic E-state index is 13.0. The summed E-state index contributed by atoms with van der Waals surface area (Å²) in [7, 11) is 0. The molecule has 9 nitrogen and oxygen atoms in total. The zero-order chi connectivity index (χ0) is 25.3. The summed E-state index contributed by atoms with van der Waals surface area (Å²) in [6, 6.07) is 3.82. The van der Waals surface area contributed by atoms with E-state index in [2.05, 4.69) is 30.2 Å². The molecule has 4 rings (SSSR count). The van der Waals surface area contributed by atoms with E-state index in [1.165, 1.54) is 17.2 Å². The highest BCUT2D eigenvalue weighted by molar-refractivity contribution is 5.88. The molecule has 3 aromatic rings.